The smallest absolute Gasteiger partial charge is 0.407 e. The Morgan fingerprint density at radius 2 is 1.97 bits per heavy atom. The highest BCUT2D eigenvalue weighted by Crippen LogP contribution is 2.28. The first kappa shape index (κ1) is 23.1. The van der Waals surface area contributed by atoms with E-state index in [-0.39, 0.29) is 23.8 Å². The SMILES string of the molecule is CN1CCN(C(=O)CC[C@H]2Cc3ccccc3NC2=O)[C@@H](CNC(=O)OC(C)(C)C)C1. The third kappa shape index (κ3) is 6.43. The number of likely N-dealkylation sites (N-methyl/N-ethyl adjacent to an activating group) is 1. The third-order valence-corrected chi connectivity index (χ3v) is 5.71. The lowest BCUT2D eigenvalue weighted by molar-refractivity contribution is -0.136. The van der Waals surface area contributed by atoms with Crippen LogP contribution in [0.3, 0.4) is 0 Å². The summed E-state index contributed by atoms with van der Waals surface area (Å²) in [5.41, 5.74) is 1.41. The number of hydrogen-bond acceptors (Lipinski definition) is 5. The van der Waals surface area contributed by atoms with E-state index in [0.29, 0.717) is 38.9 Å². The molecule has 3 rings (SSSR count). The van der Waals surface area contributed by atoms with Crippen LogP contribution in [0.5, 0.6) is 0 Å². The molecule has 1 aromatic rings. The predicted octanol–water partition coefficient (Wildman–Crippen LogP) is 2.24. The van der Waals surface area contributed by atoms with E-state index in [4.69, 9.17) is 4.74 Å². The van der Waals surface area contributed by atoms with Gasteiger partial charge in [0, 0.05) is 44.2 Å². The molecule has 2 atom stereocenters. The zero-order chi connectivity index (χ0) is 22.6. The van der Waals surface area contributed by atoms with E-state index in [9.17, 15) is 14.4 Å². The van der Waals surface area contributed by atoms with Crippen LogP contribution in [0.25, 0.3) is 0 Å². The monoisotopic (exact) mass is 430 g/mol. The van der Waals surface area contributed by atoms with Gasteiger partial charge in [-0.1, -0.05) is 18.2 Å². The number of benzene rings is 1. The Labute approximate surface area is 184 Å². The van der Waals surface area contributed by atoms with Gasteiger partial charge in [0.2, 0.25) is 11.8 Å². The maximum atomic E-state index is 13.0. The molecular weight excluding hydrogens is 396 g/mol. The summed E-state index contributed by atoms with van der Waals surface area (Å²) in [6, 6.07) is 7.66. The van der Waals surface area contributed by atoms with Crippen LogP contribution in [-0.2, 0) is 20.7 Å². The van der Waals surface area contributed by atoms with E-state index in [1.807, 2.05) is 57.0 Å². The molecule has 1 aromatic carbocycles. The lowest BCUT2D eigenvalue weighted by Gasteiger charge is -2.40. The standard InChI is InChI=1S/C23H34N4O4/c1-23(2,3)31-22(30)24-14-18-15-26(4)11-12-27(18)20(28)10-9-17-13-16-7-5-6-8-19(16)25-21(17)29/h5-8,17-18H,9-15H2,1-4H3,(H,24,30)(H,25,29)/t17-,18-/m0/s1. The van der Waals surface area contributed by atoms with E-state index >= 15 is 0 Å². The van der Waals surface area contributed by atoms with Crippen molar-refractivity contribution in [3.8, 4) is 0 Å². The fraction of sp³-hybridized carbons (Fsp3) is 0.609. The molecule has 8 heteroatoms. The number of para-hydroxylation sites is 1. The second-order valence-electron chi connectivity index (χ2n) is 9.47. The van der Waals surface area contributed by atoms with Crippen molar-refractivity contribution in [2.24, 2.45) is 5.92 Å². The minimum atomic E-state index is -0.567. The highest BCUT2D eigenvalue weighted by atomic mass is 16.6. The largest absolute Gasteiger partial charge is 0.444 e. The molecular formula is C23H34N4O4. The number of anilines is 1. The quantitative estimate of drug-likeness (QED) is 0.748. The number of carbonyl (C=O) groups is 3. The van der Waals surface area contributed by atoms with Crippen molar-refractivity contribution in [3.63, 3.8) is 0 Å². The van der Waals surface area contributed by atoms with Crippen molar-refractivity contribution in [1.29, 1.82) is 0 Å². The number of amides is 3. The van der Waals surface area contributed by atoms with Crippen molar-refractivity contribution >= 4 is 23.6 Å². The van der Waals surface area contributed by atoms with Gasteiger partial charge in [0.15, 0.2) is 0 Å². The van der Waals surface area contributed by atoms with E-state index in [2.05, 4.69) is 15.5 Å². The first-order valence-corrected chi connectivity index (χ1v) is 11.0. The molecule has 0 unspecified atom stereocenters. The molecule has 0 spiro atoms. The van der Waals surface area contributed by atoms with E-state index in [1.54, 1.807) is 0 Å². The minimum absolute atomic E-state index is 0.0204. The van der Waals surface area contributed by atoms with Crippen LogP contribution in [0.15, 0.2) is 24.3 Å². The molecule has 0 bridgehead atoms. The number of rotatable bonds is 5. The van der Waals surface area contributed by atoms with Gasteiger partial charge in [-0.2, -0.15) is 0 Å². The fourth-order valence-electron chi connectivity index (χ4n) is 4.12. The number of hydrogen-bond donors (Lipinski definition) is 2. The average molecular weight is 431 g/mol. The second-order valence-corrected chi connectivity index (χ2v) is 9.47. The highest BCUT2D eigenvalue weighted by Gasteiger charge is 2.32. The Hall–Kier alpha value is -2.61. The first-order valence-electron chi connectivity index (χ1n) is 11.0. The molecule has 2 aliphatic rings. The van der Waals surface area contributed by atoms with Crippen molar-refractivity contribution in [3.05, 3.63) is 29.8 Å². The number of nitrogens with one attached hydrogen (secondary N) is 2. The van der Waals surface area contributed by atoms with E-state index < -0.39 is 11.7 Å². The van der Waals surface area contributed by atoms with Gasteiger partial charge < -0.3 is 25.2 Å². The molecule has 2 N–H and O–H groups in total. The summed E-state index contributed by atoms with van der Waals surface area (Å²) in [7, 11) is 2.01. The Morgan fingerprint density at radius 3 is 2.71 bits per heavy atom. The van der Waals surface area contributed by atoms with Crippen LogP contribution in [-0.4, -0.2) is 72.6 Å². The third-order valence-electron chi connectivity index (χ3n) is 5.71. The molecule has 8 nitrogen and oxygen atoms in total. The number of piperazine rings is 1. The van der Waals surface area contributed by atoms with Crippen LogP contribution >= 0.6 is 0 Å². The molecule has 2 aliphatic heterocycles. The van der Waals surface area contributed by atoms with Gasteiger partial charge in [0.1, 0.15) is 5.60 Å². The summed E-state index contributed by atoms with van der Waals surface area (Å²) in [6.45, 7) is 7.85. The summed E-state index contributed by atoms with van der Waals surface area (Å²) in [5.74, 6) is -0.201. The molecule has 0 radical (unpaired) electrons. The summed E-state index contributed by atoms with van der Waals surface area (Å²) in [4.78, 5) is 41.5. The van der Waals surface area contributed by atoms with Crippen LogP contribution in [0.4, 0.5) is 10.5 Å². The molecule has 0 aliphatic carbocycles. The Kier molecular flexibility index (Phi) is 7.20. The molecule has 0 saturated carbocycles. The molecule has 3 amide bonds. The Balaban J connectivity index is 1.55. The summed E-state index contributed by atoms with van der Waals surface area (Å²) < 4.78 is 5.31. The van der Waals surface area contributed by atoms with Crippen molar-refractivity contribution in [2.75, 3.05) is 38.5 Å². The second kappa shape index (κ2) is 9.68. The molecule has 1 fully saturated rings. The van der Waals surface area contributed by atoms with Gasteiger partial charge >= 0.3 is 6.09 Å². The summed E-state index contributed by atoms with van der Waals surface area (Å²) in [5, 5.41) is 5.74. The zero-order valence-corrected chi connectivity index (χ0v) is 18.9. The van der Waals surface area contributed by atoms with Gasteiger partial charge in [-0.3, -0.25) is 9.59 Å². The number of carbonyl (C=O) groups excluding carboxylic acids is 3. The van der Waals surface area contributed by atoms with Gasteiger partial charge in [0.05, 0.1) is 6.04 Å². The van der Waals surface area contributed by atoms with Crippen molar-refractivity contribution < 1.29 is 19.1 Å². The van der Waals surface area contributed by atoms with Crippen molar-refractivity contribution in [2.45, 2.75) is 51.7 Å². The van der Waals surface area contributed by atoms with Gasteiger partial charge in [-0.05, 0) is 52.3 Å². The maximum absolute atomic E-state index is 13.0. The summed E-state index contributed by atoms with van der Waals surface area (Å²) >= 11 is 0. The van der Waals surface area contributed by atoms with Gasteiger partial charge in [0.25, 0.3) is 0 Å². The first-order chi connectivity index (χ1) is 14.6. The fourth-order valence-corrected chi connectivity index (χ4v) is 4.12. The number of fused-ring (bicyclic) bond motifs is 1. The summed E-state index contributed by atoms with van der Waals surface area (Å²) in [6.07, 6.45) is 0.997. The zero-order valence-electron chi connectivity index (χ0n) is 18.9. The minimum Gasteiger partial charge on any atom is -0.444 e. The molecule has 2 heterocycles. The molecule has 0 aromatic heterocycles. The maximum Gasteiger partial charge on any atom is 0.407 e. The lowest BCUT2D eigenvalue weighted by atomic mass is 9.89. The van der Waals surface area contributed by atoms with E-state index in [1.165, 1.54) is 0 Å². The van der Waals surface area contributed by atoms with Crippen molar-refractivity contribution in [1.82, 2.24) is 15.1 Å². The number of nitrogens with zero attached hydrogens (tertiary/aromatic N) is 2. The topological polar surface area (TPSA) is 91.0 Å². The van der Waals surface area contributed by atoms with Gasteiger partial charge in [-0.25, -0.2) is 4.79 Å². The van der Waals surface area contributed by atoms with Gasteiger partial charge in [-0.15, -0.1) is 0 Å². The van der Waals surface area contributed by atoms with Crippen LogP contribution in [0.2, 0.25) is 0 Å². The highest BCUT2D eigenvalue weighted by molar-refractivity contribution is 5.96. The predicted molar refractivity (Wildman–Crippen MR) is 119 cm³/mol. The Morgan fingerprint density at radius 1 is 1.23 bits per heavy atom. The number of alkyl carbamates (subject to hydrolysis) is 1. The van der Waals surface area contributed by atoms with Crippen LogP contribution < -0.4 is 10.6 Å². The molecule has 1 saturated heterocycles. The van der Waals surface area contributed by atoms with Crippen LogP contribution in [0.1, 0.15) is 39.2 Å². The Bertz CT molecular complexity index is 820. The normalized spacial score (nSPS) is 21.8. The number of ether oxygens (including phenoxy) is 1. The average Bonchev–Trinajstić information content (AvgIpc) is 2.69. The van der Waals surface area contributed by atoms with Crippen LogP contribution in [0, 0.1) is 5.92 Å². The van der Waals surface area contributed by atoms with E-state index in [0.717, 1.165) is 17.8 Å². The molecule has 31 heavy (non-hydrogen) atoms. The lowest BCUT2D eigenvalue weighted by Crippen LogP contribution is -2.58. The molecule has 170 valence electrons.